The first kappa shape index (κ1) is 33.9. The third kappa shape index (κ3) is 10.9. The Balaban J connectivity index is 0.000000305. The molecule has 1 aromatic carbocycles. The standard InChI is InChI=1S/C15H14ClN.C11H22N2.C5H10.C3H8/c1-2-10-7-8-12-14(9-10)17-13-6-4-3-5-11(13)15(12)16;1-5-6-11-9-12(4)7-8-13(11)10(2)3;1-3-5-4-2;1-3-2/h2,7-9H,1,3-6H2;11H,2,5-9H2,1,3-4H3;3H,1,4-5H2,2H3;3H2,1-2H3. The van der Waals surface area contributed by atoms with Crippen molar-refractivity contribution in [1.29, 1.82) is 0 Å². The van der Waals surface area contributed by atoms with Gasteiger partial charge in [-0.3, -0.25) is 4.98 Å². The molecule has 2 heterocycles. The third-order valence-corrected chi connectivity index (χ3v) is 7.18. The van der Waals surface area contributed by atoms with Gasteiger partial charge in [-0.05, 0) is 69.7 Å². The van der Waals surface area contributed by atoms with Crippen molar-refractivity contribution in [2.75, 3.05) is 26.7 Å². The van der Waals surface area contributed by atoms with E-state index >= 15 is 0 Å². The molecule has 2 aromatic rings. The average Bonchev–Trinajstić information content (AvgIpc) is 2.90. The van der Waals surface area contributed by atoms with Crippen LogP contribution < -0.4 is 0 Å². The molecule has 0 spiro atoms. The Morgan fingerprint density at radius 2 is 1.76 bits per heavy atom. The lowest BCUT2D eigenvalue weighted by Gasteiger charge is -2.41. The van der Waals surface area contributed by atoms with E-state index in [-0.39, 0.29) is 0 Å². The van der Waals surface area contributed by atoms with E-state index in [0.29, 0.717) is 6.04 Å². The van der Waals surface area contributed by atoms with Gasteiger partial charge in [0, 0.05) is 42.5 Å². The molecular weight excluding hydrogens is 486 g/mol. The van der Waals surface area contributed by atoms with Gasteiger partial charge in [0.05, 0.1) is 10.5 Å². The quantitative estimate of drug-likeness (QED) is 0.340. The Bertz CT molecular complexity index is 997. The van der Waals surface area contributed by atoms with Crippen molar-refractivity contribution in [3.63, 3.8) is 0 Å². The molecule has 212 valence electrons. The number of likely N-dealkylation sites (N-methyl/N-ethyl adjacent to an activating group) is 1. The predicted octanol–water partition coefficient (Wildman–Crippen LogP) is 9.73. The topological polar surface area (TPSA) is 19.4 Å². The lowest BCUT2D eigenvalue weighted by Crippen LogP contribution is -2.50. The molecule has 0 bridgehead atoms. The summed E-state index contributed by atoms with van der Waals surface area (Å²) in [4.78, 5) is 9.63. The summed E-state index contributed by atoms with van der Waals surface area (Å²) in [5.74, 6) is 0. The van der Waals surface area contributed by atoms with Crippen LogP contribution in [-0.4, -0.2) is 47.5 Å². The van der Waals surface area contributed by atoms with Crippen molar-refractivity contribution in [2.24, 2.45) is 0 Å². The Morgan fingerprint density at radius 3 is 2.32 bits per heavy atom. The fraction of sp³-hybridized carbons (Fsp3) is 0.559. The Labute approximate surface area is 239 Å². The van der Waals surface area contributed by atoms with Gasteiger partial charge in [0.2, 0.25) is 0 Å². The van der Waals surface area contributed by atoms with Gasteiger partial charge < -0.3 is 9.80 Å². The van der Waals surface area contributed by atoms with Crippen LogP contribution in [-0.2, 0) is 12.8 Å². The number of unbranched alkanes of at least 4 members (excludes halogenated alkanes) is 1. The van der Waals surface area contributed by atoms with E-state index in [1.165, 1.54) is 68.6 Å². The minimum atomic E-state index is 0.696. The minimum absolute atomic E-state index is 0.696. The Kier molecular flexibility index (Phi) is 17.0. The van der Waals surface area contributed by atoms with Gasteiger partial charge in [-0.25, -0.2) is 0 Å². The van der Waals surface area contributed by atoms with Crippen LogP contribution in [0.3, 0.4) is 0 Å². The third-order valence-electron chi connectivity index (χ3n) is 6.74. The minimum Gasteiger partial charge on any atom is -0.370 e. The number of allylic oxidation sites excluding steroid dienone is 2. The smallest absolute Gasteiger partial charge is 0.0726 e. The average molecular weight is 540 g/mol. The van der Waals surface area contributed by atoms with Crippen LogP contribution in [0.2, 0.25) is 5.02 Å². The summed E-state index contributed by atoms with van der Waals surface area (Å²) in [6, 6.07) is 6.85. The molecule has 0 saturated carbocycles. The molecular formula is C34H54ClN3. The Morgan fingerprint density at radius 1 is 1.08 bits per heavy atom. The number of hydrogen-bond acceptors (Lipinski definition) is 3. The maximum absolute atomic E-state index is 6.49. The van der Waals surface area contributed by atoms with Crippen molar-refractivity contribution < 1.29 is 0 Å². The van der Waals surface area contributed by atoms with Gasteiger partial charge in [-0.2, -0.15) is 0 Å². The number of fused-ring (bicyclic) bond motifs is 2. The number of nitrogens with zero attached hydrogens (tertiary/aromatic N) is 3. The van der Waals surface area contributed by atoms with E-state index in [1.54, 1.807) is 0 Å². The summed E-state index contributed by atoms with van der Waals surface area (Å²) in [5.41, 5.74) is 5.77. The highest BCUT2D eigenvalue weighted by molar-refractivity contribution is 6.36. The zero-order chi connectivity index (χ0) is 28.5. The molecule has 1 aromatic heterocycles. The molecule has 0 amide bonds. The predicted molar refractivity (Wildman–Crippen MR) is 172 cm³/mol. The monoisotopic (exact) mass is 539 g/mol. The lowest BCUT2D eigenvalue weighted by molar-refractivity contribution is 0.115. The number of piperazine rings is 1. The fourth-order valence-corrected chi connectivity index (χ4v) is 5.17. The molecule has 1 unspecified atom stereocenters. The summed E-state index contributed by atoms with van der Waals surface area (Å²) in [7, 11) is 2.21. The molecule has 1 fully saturated rings. The molecule has 2 aliphatic rings. The van der Waals surface area contributed by atoms with Crippen molar-refractivity contribution in [2.45, 2.75) is 98.4 Å². The van der Waals surface area contributed by atoms with E-state index < -0.39 is 0 Å². The molecule has 4 rings (SSSR count). The van der Waals surface area contributed by atoms with Crippen molar-refractivity contribution >= 4 is 28.6 Å². The van der Waals surface area contributed by atoms with E-state index in [4.69, 9.17) is 16.6 Å². The normalized spacial score (nSPS) is 16.5. The molecule has 0 radical (unpaired) electrons. The summed E-state index contributed by atoms with van der Waals surface area (Å²) >= 11 is 6.49. The number of hydrogen-bond donors (Lipinski definition) is 0. The van der Waals surface area contributed by atoms with E-state index in [9.17, 15) is 0 Å². The maximum Gasteiger partial charge on any atom is 0.0726 e. The number of halogens is 1. The second-order valence-electron chi connectivity index (χ2n) is 10.5. The number of rotatable bonds is 6. The van der Waals surface area contributed by atoms with Gasteiger partial charge in [-0.15, -0.1) is 6.58 Å². The molecule has 0 N–H and O–H groups in total. The van der Waals surface area contributed by atoms with Gasteiger partial charge in [0.25, 0.3) is 0 Å². The molecule has 3 nitrogen and oxygen atoms in total. The number of aromatic nitrogens is 1. The van der Waals surface area contributed by atoms with Gasteiger partial charge in [0.15, 0.2) is 0 Å². The first-order chi connectivity index (χ1) is 18.3. The molecule has 4 heteroatoms. The summed E-state index contributed by atoms with van der Waals surface area (Å²) in [6.07, 6.45) is 14.5. The second-order valence-corrected chi connectivity index (χ2v) is 10.8. The fourth-order valence-electron chi connectivity index (χ4n) is 4.81. The van der Waals surface area contributed by atoms with Gasteiger partial charge in [-0.1, -0.05) is 96.0 Å². The maximum atomic E-state index is 6.49. The SMILES string of the molecule is C=C(C)N1CCN(C)CC1CCC.C=CCCC.C=Cc1ccc2c(Cl)c3c(nc2c1)CCCC3.CCC. The highest BCUT2D eigenvalue weighted by atomic mass is 35.5. The first-order valence-electron chi connectivity index (χ1n) is 14.7. The van der Waals surface area contributed by atoms with Crippen LogP contribution in [0.4, 0.5) is 0 Å². The van der Waals surface area contributed by atoms with Crippen LogP contribution in [0.5, 0.6) is 0 Å². The zero-order valence-corrected chi connectivity index (χ0v) is 26.0. The van der Waals surface area contributed by atoms with Crippen molar-refractivity contribution in [3.8, 4) is 0 Å². The summed E-state index contributed by atoms with van der Waals surface area (Å²) in [5, 5.41) is 1.97. The number of aryl methyl sites for hydroxylation is 1. The van der Waals surface area contributed by atoms with Crippen LogP contribution in [0, 0.1) is 0 Å². The van der Waals surface area contributed by atoms with Gasteiger partial charge >= 0.3 is 0 Å². The van der Waals surface area contributed by atoms with Crippen molar-refractivity contribution in [1.82, 2.24) is 14.8 Å². The van der Waals surface area contributed by atoms with E-state index in [2.05, 4.69) is 83.3 Å². The molecule has 1 saturated heterocycles. The first-order valence-corrected chi connectivity index (χ1v) is 15.1. The van der Waals surface area contributed by atoms with Crippen LogP contribution >= 0.6 is 11.6 Å². The van der Waals surface area contributed by atoms with Crippen molar-refractivity contribution in [3.05, 3.63) is 71.6 Å². The van der Waals surface area contributed by atoms with Crippen LogP contribution in [0.25, 0.3) is 17.0 Å². The Hall–Kier alpha value is -2.10. The molecule has 1 atom stereocenters. The molecule has 1 aliphatic heterocycles. The van der Waals surface area contributed by atoms with E-state index in [1.807, 2.05) is 18.2 Å². The van der Waals surface area contributed by atoms with E-state index in [0.717, 1.165) is 47.3 Å². The summed E-state index contributed by atoms with van der Waals surface area (Å²) in [6.45, 7) is 25.7. The van der Waals surface area contributed by atoms with Crippen LogP contribution in [0.15, 0.2) is 49.7 Å². The van der Waals surface area contributed by atoms with Crippen LogP contribution in [0.1, 0.15) is 96.4 Å². The van der Waals surface area contributed by atoms with Gasteiger partial charge in [0.1, 0.15) is 0 Å². The largest absolute Gasteiger partial charge is 0.370 e. The second kappa shape index (κ2) is 19.0. The number of benzene rings is 1. The highest BCUT2D eigenvalue weighted by Crippen LogP contribution is 2.33. The molecule has 1 aliphatic carbocycles. The molecule has 38 heavy (non-hydrogen) atoms. The highest BCUT2D eigenvalue weighted by Gasteiger charge is 2.23. The summed E-state index contributed by atoms with van der Waals surface area (Å²) < 4.78 is 0. The zero-order valence-electron chi connectivity index (χ0n) is 25.3. The lowest BCUT2D eigenvalue weighted by atomic mass is 9.94. The number of pyridine rings is 1.